The van der Waals surface area contributed by atoms with Crippen molar-refractivity contribution in [2.75, 3.05) is 17.7 Å². The van der Waals surface area contributed by atoms with E-state index in [4.69, 9.17) is 4.74 Å². The number of hydrogen-bond donors (Lipinski definition) is 2. The van der Waals surface area contributed by atoms with Gasteiger partial charge >= 0.3 is 6.18 Å². The molecule has 1 aromatic heterocycles. The molecule has 2 N–H and O–H groups in total. The fraction of sp³-hybridized carbons (Fsp3) is 0.158. The molecule has 0 saturated heterocycles. The van der Waals surface area contributed by atoms with Crippen molar-refractivity contribution in [3.63, 3.8) is 0 Å². The van der Waals surface area contributed by atoms with E-state index in [-0.39, 0.29) is 11.6 Å². The van der Waals surface area contributed by atoms with Crippen LogP contribution in [0.1, 0.15) is 11.3 Å². The minimum Gasteiger partial charge on any atom is -0.497 e. The van der Waals surface area contributed by atoms with Gasteiger partial charge in [-0.1, -0.05) is 12.1 Å². The fourth-order valence-corrected chi connectivity index (χ4v) is 2.44. The van der Waals surface area contributed by atoms with Crippen molar-refractivity contribution in [3.05, 3.63) is 65.9 Å². The summed E-state index contributed by atoms with van der Waals surface area (Å²) in [7, 11) is 1.57. The minimum atomic E-state index is -4.41. The number of nitrogens with one attached hydrogen (secondary N) is 2. The van der Waals surface area contributed by atoms with Gasteiger partial charge in [0.1, 0.15) is 11.6 Å². The average Bonchev–Trinajstić information content (AvgIpc) is 2.61. The van der Waals surface area contributed by atoms with Gasteiger partial charge in [0.15, 0.2) is 0 Å². The molecule has 0 aliphatic rings. The maximum absolute atomic E-state index is 12.9. The number of halogens is 3. The van der Waals surface area contributed by atoms with E-state index >= 15 is 0 Å². The van der Waals surface area contributed by atoms with Crippen molar-refractivity contribution in [1.29, 1.82) is 0 Å². The smallest absolute Gasteiger partial charge is 0.416 e. The summed E-state index contributed by atoms with van der Waals surface area (Å²) in [4.78, 5) is 8.54. The first-order chi connectivity index (χ1) is 12.8. The number of methoxy groups -OCH3 is 1. The second-order valence-corrected chi connectivity index (χ2v) is 5.78. The third kappa shape index (κ3) is 4.87. The van der Waals surface area contributed by atoms with E-state index in [1.165, 1.54) is 12.1 Å². The predicted molar refractivity (Wildman–Crippen MR) is 97.8 cm³/mol. The zero-order valence-corrected chi connectivity index (χ0v) is 14.6. The highest BCUT2D eigenvalue weighted by molar-refractivity contribution is 5.61. The summed E-state index contributed by atoms with van der Waals surface area (Å²) in [6.45, 7) is 1.77. The van der Waals surface area contributed by atoms with Gasteiger partial charge in [0.2, 0.25) is 5.95 Å². The van der Waals surface area contributed by atoms with Crippen molar-refractivity contribution in [2.45, 2.75) is 13.1 Å². The van der Waals surface area contributed by atoms with Crippen LogP contribution in [0.2, 0.25) is 0 Å². The molecule has 0 atom stereocenters. The van der Waals surface area contributed by atoms with Gasteiger partial charge in [-0.2, -0.15) is 18.2 Å². The molecular formula is C19H17F3N4O. The lowest BCUT2D eigenvalue weighted by molar-refractivity contribution is -0.137. The number of alkyl halides is 3. The Bertz CT molecular complexity index is 944. The standard InChI is InChI=1S/C19H17F3N4O/c1-12-9-17(24-15-7-4-8-16(11-15)27-2)26-18(23-12)25-14-6-3-5-13(10-14)19(20,21)22/h3-11H,1-2H3,(H2,23,24,25,26). The first-order valence-electron chi connectivity index (χ1n) is 8.04. The van der Waals surface area contributed by atoms with Gasteiger partial charge in [-0.15, -0.1) is 0 Å². The SMILES string of the molecule is COc1cccc(Nc2cc(C)nc(Nc3cccc(C(F)(F)F)c3)n2)c1. The van der Waals surface area contributed by atoms with Crippen molar-refractivity contribution < 1.29 is 17.9 Å². The highest BCUT2D eigenvalue weighted by Crippen LogP contribution is 2.31. The monoisotopic (exact) mass is 374 g/mol. The zero-order chi connectivity index (χ0) is 19.4. The molecule has 140 valence electrons. The van der Waals surface area contributed by atoms with Crippen molar-refractivity contribution in [1.82, 2.24) is 9.97 Å². The predicted octanol–water partition coefficient (Wildman–Crippen LogP) is 5.30. The van der Waals surface area contributed by atoms with Gasteiger partial charge in [0.05, 0.1) is 12.7 Å². The van der Waals surface area contributed by atoms with E-state index in [0.717, 1.165) is 17.8 Å². The van der Waals surface area contributed by atoms with Gasteiger partial charge in [-0.05, 0) is 37.3 Å². The Balaban J connectivity index is 1.83. The number of aromatic nitrogens is 2. The maximum Gasteiger partial charge on any atom is 0.416 e. The molecule has 5 nitrogen and oxygen atoms in total. The molecule has 1 heterocycles. The highest BCUT2D eigenvalue weighted by Gasteiger charge is 2.30. The Labute approximate surface area is 154 Å². The van der Waals surface area contributed by atoms with Gasteiger partial charge in [0, 0.05) is 29.2 Å². The Morgan fingerprint density at radius 1 is 0.889 bits per heavy atom. The van der Waals surface area contributed by atoms with Crippen LogP contribution in [0, 0.1) is 6.92 Å². The van der Waals surface area contributed by atoms with Crippen molar-refractivity contribution in [2.24, 2.45) is 0 Å². The number of anilines is 4. The van der Waals surface area contributed by atoms with Gasteiger partial charge in [-0.25, -0.2) is 4.98 Å². The number of benzene rings is 2. The Morgan fingerprint density at radius 3 is 2.30 bits per heavy atom. The number of aryl methyl sites for hydroxylation is 1. The number of rotatable bonds is 5. The van der Waals surface area contributed by atoms with E-state index in [9.17, 15) is 13.2 Å². The molecule has 0 fully saturated rings. The normalized spacial score (nSPS) is 11.1. The molecule has 0 aliphatic carbocycles. The van der Waals surface area contributed by atoms with Gasteiger partial charge in [-0.3, -0.25) is 0 Å². The van der Waals surface area contributed by atoms with Crippen LogP contribution in [0.4, 0.5) is 36.3 Å². The molecule has 0 saturated carbocycles. The summed E-state index contributed by atoms with van der Waals surface area (Å²) in [6, 6.07) is 13.9. The number of ether oxygens (including phenoxy) is 1. The van der Waals surface area contributed by atoms with Crippen LogP contribution in [-0.4, -0.2) is 17.1 Å². The molecule has 0 radical (unpaired) electrons. The van der Waals surface area contributed by atoms with Crippen LogP contribution < -0.4 is 15.4 Å². The van der Waals surface area contributed by atoms with E-state index in [0.29, 0.717) is 17.3 Å². The largest absolute Gasteiger partial charge is 0.497 e. The lowest BCUT2D eigenvalue weighted by atomic mass is 10.2. The Hall–Kier alpha value is -3.29. The summed E-state index contributed by atoms with van der Waals surface area (Å²) < 4.78 is 43.8. The summed E-state index contributed by atoms with van der Waals surface area (Å²) in [6.07, 6.45) is -4.41. The first-order valence-corrected chi connectivity index (χ1v) is 8.04. The lowest BCUT2D eigenvalue weighted by Gasteiger charge is -2.12. The molecule has 8 heteroatoms. The van der Waals surface area contributed by atoms with E-state index in [1.54, 1.807) is 26.2 Å². The summed E-state index contributed by atoms with van der Waals surface area (Å²) in [5, 5.41) is 5.95. The van der Waals surface area contributed by atoms with Crippen LogP contribution in [-0.2, 0) is 6.18 Å². The van der Waals surface area contributed by atoms with E-state index < -0.39 is 11.7 Å². The molecule has 2 aromatic carbocycles. The topological polar surface area (TPSA) is 59.1 Å². The lowest BCUT2D eigenvalue weighted by Crippen LogP contribution is -2.06. The van der Waals surface area contributed by atoms with E-state index in [1.807, 2.05) is 18.2 Å². The molecule has 3 aromatic rings. The third-order valence-electron chi connectivity index (χ3n) is 3.64. The van der Waals surface area contributed by atoms with Crippen molar-refractivity contribution >= 4 is 23.1 Å². The quantitative estimate of drug-likeness (QED) is 0.635. The van der Waals surface area contributed by atoms with Crippen molar-refractivity contribution in [3.8, 4) is 5.75 Å². The molecule has 0 spiro atoms. The second-order valence-electron chi connectivity index (χ2n) is 5.78. The van der Waals surface area contributed by atoms with Crippen LogP contribution in [0.25, 0.3) is 0 Å². The molecule has 27 heavy (non-hydrogen) atoms. The molecule has 3 rings (SSSR count). The minimum absolute atomic E-state index is 0.194. The van der Waals surface area contributed by atoms with Crippen LogP contribution >= 0.6 is 0 Å². The van der Waals surface area contributed by atoms with E-state index in [2.05, 4.69) is 20.6 Å². The zero-order valence-electron chi connectivity index (χ0n) is 14.6. The Kier molecular flexibility index (Phi) is 5.16. The first kappa shape index (κ1) is 18.5. The fourth-order valence-electron chi connectivity index (χ4n) is 2.44. The molecule has 0 bridgehead atoms. The molecule has 0 unspecified atom stereocenters. The number of nitrogens with zero attached hydrogens (tertiary/aromatic N) is 2. The second kappa shape index (κ2) is 7.53. The third-order valence-corrected chi connectivity index (χ3v) is 3.64. The highest BCUT2D eigenvalue weighted by atomic mass is 19.4. The molecule has 0 amide bonds. The Morgan fingerprint density at radius 2 is 1.59 bits per heavy atom. The van der Waals surface area contributed by atoms with Gasteiger partial charge < -0.3 is 15.4 Å². The number of hydrogen-bond acceptors (Lipinski definition) is 5. The molecular weight excluding hydrogens is 357 g/mol. The summed E-state index contributed by atoms with van der Waals surface area (Å²) >= 11 is 0. The van der Waals surface area contributed by atoms with Crippen LogP contribution in [0.3, 0.4) is 0 Å². The molecule has 0 aliphatic heterocycles. The summed E-state index contributed by atoms with van der Waals surface area (Å²) in [5.41, 5.74) is 0.931. The van der Waals surface area contributed by atoms with Crippen LogP contribution in [0.15, 0.2) is 54.6 Å². The average molecular weight is 374 g/mol. The van der Waals surface area contributed by atoms with Gasteiger partial charge in [0.25, 0.3) is 0 Å². The maximum atomic E-state index is 12.9. The van der Waals surface area contributed by atoms with Crippen LogP contribution in [0.5, 0.6) is 5.75 Å². The summed E-state index contributed by atoms with van der Waals surface area (Å²) in [5.74, 6) is 1.39.